The maximum absolute atomic E-state index is 12.2. The Balaban J connectivity index is 2.17. The molecule has 5 heteroatoms. The lowest BCUT2D eigenvalue weighted by Crippen LogP contribution is -2.13. The molecule has 0 aromatic heterocycles. The number of sulfonamides is 1. The molecule has 0 unspecified atom stereocenters. The highest BCUT2D eigenvalue weighted by Crippen LogP contribution is 2.17. The first-order valence-electron chi connectivity index (χ1n) is 6.43. The van der Waals surface area contributed by atoms with Gasteiger partial charge in [-0.1, -0.05) is 30.3 Å². The zero-order chi connectivity index (χ0) is 14.4. The lowest BCUT2D eigenvalue weighted by molar-refractivity contribution is 0.601. The minimum absolute atomic E-state index is 0.264. The zero-order valence-electron chi connectivity index (χ0n) is 11.3. The predicted molar refractivity (Wildman–Crippen MR) is 81.3 cm³/mol. The third kappa shape index (κ3) is 3.82. The van der Waals surface area contributed by atoms with Crippen molar-refractivity contribution in [3.8, 4) is 0 Å². The molecular weight excluding hydrogens is 272 g/mol. The van der Waals surface area contributed by atoms with Gasteiger partial charge in [0.05, 0.1) is 4.90 Å². The third-order valence-corrected chi connectivity index (χ3v) is 4.29. The van der Waals surface area contributed by atoms with E-state index in [0.29, 0.717) is 5.69 Å². The largest absolute Gasteiger partial charge is 0.319 e. The lowest BCUT2D eigenvalue weighted by atomic mass is 10.1. The number of hydrogen-bond acceptors (Lipinski definition) is 3. The molecule has 0 saturated heterocycles. The number of nitrogens with one attached hydrogen (secondary N) is 2. The zero-order valence-corrected chi connectivity index (χ0v) is 12.2. The number of likely N-dealkylation sites (N-methyl/N-ethyl adjacent to an activating group) is 1. The van der Waals surface area contributed by atoms with E-state index in [-0.39, 0.29) is 4.90 Å². The van der Waals surface area contributed by atoms with Crippen molar-refractivity contribution in [2.75, 3.05) is 18.3 Å². The Kier molecular flexibility index (Phi) is 4.76. The molecule has 2 rings (SSSR count). The van der Waals surface area contributed by atoms with Gasteiger partial charge >= 0.3 is 0 Å². The minimum Gasteiger partial charge on any atom is -0.319 e. The summed E-state index contributed by atoms with van der Waals surface area (Å²) < 4.78 is 27.0. The number of anilines is 1. The van der Waals surface area contributed by atoms with Crippen LogP contribution in [0.1, 0.15) is 5.56 Å². The number of hydrogen-bond donors (Lipinski definition) is 2. The van der Waals surface area contributed by atoms with Crippen molar-refractivity contribution in [1.29, 1.82) is 0 Å². The molecule has 0 bridgehead atoms. The van der Waals surface area contributed by atoms with Gasteiger partial charge in [-0.25, -0.2) is 8.42 Å². The topological polar surface area (TPSA) is 58.2 Å². The van der Waals surface area contributed by atoms with E-state index in [1.165, 1.54) is 0 Å². The van der Waals surface area contributed by atoms with E-state index in [1.807, 2.05) is 25.2 Å². The second-order valence-electron chi connectivity index (χ2n) is 4.47. The van der Waals surface area contributed by atoms with E-state index in [0.717, 1.165) is 18.5 Å². The molecule has 0 fully saturated rings. The summed E-state index contributed by atoms with van der Waals surface area (Å²) in [5.41, 5.74) is 1.68. The van der Waals surface area contributed by atoms with Crippen LogP contribution in [-0.4, -0.2) is 22.0 Å². The van der Waals surface area contributed by atoms with Crippen LogP contribution in [-0.2, 0) is 16.4 Å². The Hall–Kier alpha value is -1.85. The van der Waals surface area contributed by atoms with Gasteiger partial charge in [-0.3, -0.25) is 4.72 Å². The van der Waals surface area contributed by atoms with Crippen LogP contribution in [0.4, 0.5) is 5.69 Å². The van der Waals surface area contributed by atoms with E-state index >= 15 is 0 Å². The Morgan fingerprint density at radius 3 is 2.45 bits per heavy atom. The van der Waals surface area contributed by atoms with Gasteiger partial charge in [0.2, 0.25) is 0 Å². The quantitative estimate of drug-likeness (QED) is 0.858. The average Bonchev–Trinajstić information content (AvgIpc) is 2.46. The molecule has 0 radical (unpaired) electrons. The molecule has 0 heterocycles. The summed E-state index contributed by atoms with van der Waals surface area (Å²) in [4.78, 5) is 0.264. The fourth-order valence-corrected chi connectivity index (χ4v) is 2.94. The molecule has 0 aliphatic rings. The molecule has 2 N–H and O–H groups in total. The normalized spacial score (nSPS) is 11.2. The molecular formula is C15H18N2O2S. The van der Waals surface area contributed by atoms with Crippen molar-refractivity contribution in [3.05, 3.63) is 60.2 Å². The van der Waals surface area contributed by atoms with Crippen LogP contribution in [0.5, 0.6) is 0 Å². The fraction of sp³-hybridized carbons (Fsp3) is 0.200. The van der Waals surface area contributed by atoms with E-state index in [2.05, 4.69) is 10.0 Å². The summed E-state index contributed by atoms with van der Waals surface area (Å²) in [5.74, 6) is 0. The monoisotopic (exact) mass is 290 g/mol. The third-order valence-electron chi connectivity index (χ3n) is 2.90. The van der Waals surface area contributed by atoms with Crippen LogP contribution < -0.4 is 10.0 Å². The maximum atomic E-state index is 12.2. The highest BCUT2D eigenvalue weighted by atomic mass is 32.2. The second-order valence-corrected chi connectivity index (χ2v) is 6.15. The smallest absolute Gasteiger partial charge is 0.261 e. The molecule has 0 saturated carbocycles. The first kappa shape index (κ1) is 14.6. The van der Waals surface area contributed by atoms with E-state index in [1.54, 1.807) is 36.4 Å². The van der Waals surface area contributed by atoms with Crippen molar-refractivity contribution < 1.29 is 8.42 Å². The van der Waals surface area contributed by atoms with Gasteiger partial charge < -0.3 is 5.32 Å². The molecule has 2 aromatic carbocycles. The van der Waals surface area contributed by atoms with Gasteiger partial charge in [-0.05, 0) is 49.8 Å². The fourth-order valence-electron chi connectivity index (χ4n) is 1.87. The van der Waals surface area contributed by atoms with Crippen LogP contribution in [0.15, 0.2) is 59.5 Å². The van der Waals surface area contributed by atoms with Crippen LogP contribution in [0.3, 0.4) is 0 Å². The van der Waals surface area contributed by atoms with E-state index < -0.39 is 10.0 Å². The summed E-state index contributed by atoms with van der Waals surface area (Å²) in [5, 5.41) is 3.07. The van der Waals surface area contributed by atoms with Crippen LogP contribution in [0, 0.1) is 0 Å². The van der Waals surface area contributed by atoms with Gasteiger partial charge in [0, 0.05) is 5.69 Å². The summed E-state index contributed by atoms with van der Waals surface area (Å²) in [7, 11) is -1.63. The molecule has 4 nitrogen and oxygen atoms in total. The van der Waals surface area contributed by atoms with Gasteiger partial charge in [0.15, 0.2) is 0 Å². The van der Waals surface area contributed by atoms with Gasteiger partial charge in [0.25, 0.3) is 10.0 Å². The first-order valence-corrected chi connectivity index (χ1v) is 7.91. The SMILES string of the molecule is CNCCc1cccc(NS(=O)(=O)c2ccccc2)c1. The average molecular weight is 290 g/mol. The van der Waals surface area contributed by atoms with Gasteiger partial charge in [0.1, 0.15) is 0 Å². The molecule has 2 aromatic rings. The number of rotatable bonds is 6. The lowest BCUT2D eigenvalue weighted by Gasteiger charge is -2.09. The van der Waals surface area contributed by atoms with Crippen LogP contribution in [0.25, 0.3) is 0 Å². The van der Waals surface area contributed by atoms with Crippen molar-refractivity contribution in [2.45, 2.75) is 11.3 Å². The van der Waals surface area contributed by atoms with Crippen molar-refractivity contribution >= 4 is 15.7 Å². The molecule has 0 atom stereocenters. The Morgan fingerprint density at radius 1 is 1.00 bits per heavy atom. The molecule has 0 amide bonds. The molecule has 20 heavy (non-hydrogen) atoms. The van der Waals surface area contributed by atoms with Crippen LogP contribution >= 0.6 is 0 Å². The minimum atomic E-state index is -3.52. The first-order chi connectivity index (χ1) is 9.62. The van der Waals surface area contributed by atoms with Gasteiger partial charge in [-0.2, -0.15) is 0 Å². The molecule has 0 aliphatic heterocycles. The highest BCUT2D eigenvalue weighted by molar-refractivity contribution is 7.92. The second kappa shape index (κ2) is 6.54. The Bertz CT molecular complexity index is 655. The highest BCUT2D eigenvalue weighted by Gasteiger charge is 2.13. The summed E-state index contributed by atoms with van der Waals surface area (Å²) in [6.45, 7) is 0.856. The maximum Gasteiger partial charge on any atom is 0.261 e. The standard InChI is InChI=1S/C15H18N2O2S/c1-16-11-10-13-6-5-7-14(12-13)17-20(18,19)15-8-3-2-4-9-15/h2-9,12,16-17H,10-11H2,1H3. The molecule has 106 valence electrons. The van der Waals surface area contributed by atoms with Crippen molar-refractivity contribution in [3.63, 3.8) is 0 Å². The van der Waals surface area contributed by atoms with E-state index in [9.17, 15) is 8.42 Å². The molecule has 0 aliphatic carbocycles. The van der Waals surface area contributed by atoms with E-state index in [4.69, 9.17) is 0 Å². The summed E-state index contributed by atoms with van der Waals surface area (Å²) in [6.07, 6.45) is 0.859. The van der Waals surface area contributed by atoms with Crippen molar-refractivity contribution in [1.82, 2.24) is 5.32 Å². The molecule has 0 spiro atoms. The summed E-state index contributed by atoms with van der Waals surface area (Å²) >= 11 is 0. The predicted octanol–water partition coefficient (Wildman–Crippen LogP) is 2.25. The number of benzene rings is 2. The van der Waals surface area contributed by atoms with Gasteiger partial charge in [-0.15, -0.1) is 0 Å². The Morgan fingerprint density at radius 2 is 1.75 bits per heavy atom. The Labute approximate surface area is 119 Å². The van der Waals surface area contributed by atoms with Crippen molar-refractivity contribution in [2.24, 2.45) is 0 Å². The summed E-state index contributed by atoms with van der Waals surface area (Å²) in [6, 6.07) is 15.8. The van der Waals surface area contributed by atoms with Crippen LogP contribution in [0.2, 0.25) is 0 Å².